The Kier molecular flexibility index (Phi) is 3.19. The highest BCUT2D eigenvalue weighted by molar-refractivity contribution is 5.33. The van der Waals surface area contributed by atoms with Crippen molar-refractivity contribution in [2.75, 3.05) is 0 Å². The van der Waals surface area contributed by atoms with E-state index >= 15 is 0 Å². The molecule has 2 N–H and O–H groups in total. The van der Waals surface area contributed by atoms with Crippen molar-refractivity contribution < 1.29 is 0 Å². The van der Waals surface area contributed by atoms with Gasteiger partial charge in [-0.1, -0.05) is 37.1 Å². The van der Waals surface area contributed by atoms with E-state index in [1.165, 1.54) is 44.9 Å². The fraction of sp³-hybridized carbons (Fsp3) is 0.625. The van der Waals surface area contributed by atoms with Crippen LogP contribution >= 0.6 is 0 Å². The second-order valence-electron chi connectivity index (χ2n) is 5.82. The van der Waals surface area contributed by atoms with Gasteiger partial charge in [-0.25, -0.2) is 0 Å². The smallest absolute Gasteiger partial charge is 0.0136 e. The summed E-state index contributed by atoms with van der Waals surface area (Å²) in [6.07, 6.45) is 9.39. The molecule has 0 radical (unpaired) electrons. The van der Waals surface area contributed by atoms with Gasteiger partial charge in [0.2, 0.25) is 0 Å². The lowest BCUT2D eigenvalue weighted by molar-refractivity contribution is 0.346. The Morgan fingerprint density at radius 2 is 1.76 bits per heavy atom. The minimum absolute atomic E-state index is 0.402. The van der Waals surface area contributed by atoms with E-state index in [2.05, 4.69) is 24.3 Å². The Balaban J connectivity index is 1.84. The minimum atomic E-state index is 0.402. The van der Waals surface area contributed by atoms with Gasteiger partial charge in [0.25, 0.3) is 0 Å². The zero-order valence-corrected chi connectivity index (χ0v) is 10.6. The van der Waals surface area contributed by atoms with Crippen LogP contribution in [0.4, 0.5) is 0 Å². The molecule has 3 rings (SSSR count). The third kappa shape index (κ3) is 2.13. The average Bonchev–Trinajstić information content (AvgIpc) is 2.91. The van der Waals surface area contributed by atoms with E-state index in [0.717, 1.165) is 5.92 Å². The van der Waals surface area contributed by atoms with Crippen LogP contribution in [0.5, 0.6) is 0 Å². The van der Waals surface area contributed by atoms with Crippen LogP contribution < -0.4 is 5.73 Å². The fourth-order valence-electron chi connectivity index (χ4n) is 3.86. The molecule has 1 fully saturated rings. The van der Waals surface area contributed by atoms with Gasteiger partial charge in [-0.05, 0) is 55.1 Å². The summed E-state index contributed by atoms with van der Waals surface area (Å²) in [7, 11) is 0. The molecule has 2 aliphatic rings. The second kappa shape index (κ2) is 4.81. The summed E-state index contributed by atoms with van der Waals surface area (Å²) in [6, 6.07) is 9.36. The highest BCUT2D eigenvalue weighted by Gasteiger charge is 2.31. The van der Waals surface area contributed by atoms with Crippen LogP contribution in [-0.2, 0) is 6.42 Å². The van der Waals surface area contributed by atoms with Gasteiger partial charge in [0.1, 0.15) is 0 Å². The van der Waals surface area contributed by atoms with Crippen LogP contribution in [0.1, 0.15) is 55.6 Å². The zero-order valence-electron chi connectivity index (χ0n) is 10.6. The Morgan fingerprint density at radius 3 is 2.59 bits per heavy atom. The fourth-order valence-corrected chi connectivity index (χ4v) is 3.86. The van der Waals surface area contributed by atoms with E-state index in [-0.39, 0.29) is 0 Å². The molecule has 0 aromatic heterocycles. The van der Waals surface area contributed by atoms with Crippen molar-refractivity contribution in [3.8, 4) is 0 Å². The minimum Gasteiger partial charge on any atom is -0.327 e. The Bertz CT molecular complexity index is 379. The van der Waals surface area contributed by atoms with E-state index < -0.39 is 0 Å². The van der Waals surface area contributed by atoms with E-state index in [1.54, 1.807) is 11.1 Å². The molecule has 1 saturated carbocycles. The van der Waals surface area contributed by atoms with Crippen molar-refractivity contribution in [1.82, 2.24) is 0 Å². The van der Waals surface area contributed by atoms with Crippen molar-refractivity contribution in [3.05, 3.63) is 35.4 Å². The molecule has 1 heteroatoms. The van der Waals surface area contributed by atoms with Crippen molar-refractivity contribution in [2.45, 2.75) is 56.9 Å². The Hall–Kier alpha value is -0.820. The lowest BCUT2D eigenvalue weighted by atomic mass is 9.75. The van der Waals surface area contributed by atoms with Crippen molar-refractivity contribution >= 4 is 0 Å². The number of fused-ring (bicyclic) bond motifs is 1. The normalized spacial score (nSPS) is 26.8. The van der Waals surface area contributed by atoms with Crippen molar-refractivity contribution in [1.29, 1.82) is 0 Å². The molecule has 0 spiro atoms. The van der Waals surface area contributed by atoms with Gasteiger partial charge in [0, 0.05) is 6.04 Å². The molecule has 1 aromatic rings. The Morgan fingerprint density at radius 1 is 1.00 bits per heavy atom. The number of benzene rings is 1. The zero-order chi connectivity index (χ0) is 11.7. The SMILES string of the molecule is NC(C1CCCC1)C1CCCc2ccccc21. The average molecular weight is 229 g/mol. The van der Waals surface area contributed by atoms with Crippen LogP contribution in [0.25, 0.3) is 0 Å². The first-order valence-corrected chi connectivity index (χ1v) is 7.19. The summed E-state index contributed by atoms with van der Waals surface area (Å²) in [5, 5.41) is 0. The van der Waals surface area contributed by atoms with Gasteiger partial charge >= 0.3 is 0 Å². The number of aryl methyl sites for hydroxylation is 1. The molecular weight excluding hydrogens is 206 g/mol. The summed E-state index contributed by atoms with van der Waals surface area (Å²) >= 11 is 0. The number of rotatable bonds is 2. The first-order chi connectivity index (χ1) is 8.36. The molecule has 0 saturated heterocycles. The maximum Gasteiger partial charge on any atom is 0.0136 e. The maximum atomic E-state index is 6.57. The molecule has 2 atom stereocenters. The predicted molar refractivity (Wildman–Crippen MR) is 72.1 cm³/mol. The molecule has 0 amide bonds. The van der Waals surface area contributed by atoms with E-state index in [1.807, 2.05) is 0 Å². The molecule has 1 nitrogen and oxygen atoms in total. The number of hydrogen-bond acceptors (Lipinski definition) is 1. The van der Waals surface area contributed by atoms with Gasteiger partial charge in [-0.15, -0.1) is 0 Å². The topological polar surface area (TPSA) is 26.0 Å². The van der Waals surface area contributed by atoms with Gasteiger partial charge in [0.15, 0.2) is 0 Å². The third-order valence-corrected chi connectivity index (χ3v) is 4.82. The van der Waals surface area contributed by atoms with Crippen LogP contribution in [0.3, 0.4) is 0 Å². The summed E-state index contributed by atoms with van der Waals surface area (Å²) in [5.41, 5.74) is 9.68. The van der Waals surface area contributed by atoms with E-state index in [9.17, 15) is 0 Å². The maximum absolute atomic E-state index is 6.57. The molecule has 0 bridgehead atoms. The molecule has 1 aromatic carbocycles. The summed E-state index contributed by atoms with van der Waals surface area (Å²) in [5.74, 6) is 1.41. The molecule has 2 aliphatic carbocycles. The molecule has 92 valence electrons. The molecule has 2 unspecified atom stereocenters. The molecule has 0 aliphatic heterocycles. The van der Waals surface area contributed by atoms with Crippen molar-refractivity contribution in [2.24, 2.45) is 11.7 Å². The monoisotopic (exact) mass is 229 g/mol. The van der Waals surface area contributed by atoms with Crippen LogP contribution in [0.15, 0.2) is 24.3 Å². The van der Waals surface area contributed by atoms with E-state index in [4.69, 9.17) is 5.73 Å². The summed E-state index contributed by atoms with van der Waals surface area (Å²) in [6.45, 7) is 0. The highest BCUT2D eigenvalue weighted by Crippen LogP contribution is 2.39. The second-order valence-corrected chi connectivity index (χ2v) is 5.82. The lowest BCUT2D eigenvalue weighted by Crippen LogP contribution is -2.36. The third-order valence-electron chi connectivity index (χ3n) is 4.82. The van der Waals surface area contributed by atoms with Crippen LogP contribution in [0.2, 0.25) is 0 Å². The van der Waals surface area contributed by atoms with Crippen LogP contribution in [0, 0.1) is 5.92 Å². The van der Waals surface area contributed by atoms with Crippen molar-refractivity contribution in [3.63, 3.8) is 0 Å². The quantitative estimate of drug-likeness (QED) is 0.823. The lowest BCUT2D eigenvalue weighted by Gasteiger charge is -2.33. The first kappa shape index (κ1) is 11.3. The van der Waals surface area contributed by atoms with Gasteiger partial charge in [-0.3, -0.25) is 0 Å². The summed E-state index contributed by atoms with van der Waals surface area (Å²) < 4.78 is 0. The van der Waals surface area contributed by atoms with Gasteiger partial charge in [-0.2, -0.15) is 0 Å². The Labute approximate surface area is 104 Å². The van der Waals surface area contributed by atoms with Gasteiger partial charge < -0.3 is 5.73 Å². The number of nitrogens with two attached hydrogens (primary N) is 1. The first-order valence-electron chi connectivity index (χ1n) is 7.19. The molecule has 17 heavy (non-hydrogen) atoms. The van der Waals surface area contributed by atoms with E-state index in [0.29, 0.717) is 12.0 Å². The number of hydrogen-bond donors (Lipinski definition) is 1. The largest absolute Gasteiger partial charge is 0.327 e. The molecule has 0 heterocycles. The predicted octanol–water partition coefficient (Wildman–Crippen LogP) is 3.62. The summed E-state index contributed by atoms with van der Waals surface area (Å²) in [4.78, 5) is 0. The standard InChI is InChI=1S/C16H23N/c17-16(13-7-1-2-8-13)15-11-5-9-12-6-3-4-10-14(12)15/h3-4,6,10,13,15-16H,1-2,5,7-9,11,17H2. The molecular formula is C16H23N. The highest BCUT2D eigenvalue weighted by atomic mass is 14.7. The van der Waals surface area contributed by atoms with Gasteiger partial charge in [0.05, 0.1) is 0 Å². The van der Waals surface area contributed by atoms with Crippen LogP contribution in [-0.4, -0.2) is 6.04 Å².